The summed E-state index contributed by atoms with van der Waals surface area (Å²) < 4.78 is 60.4. The molecule has 15 heteroatoms. The number of halogens is 5. The Kier molecular flexibility index (Phi) is 8.62. The smallest absolute Gasteiger partial charge is 0.475 e. The first-order valence-corrected chi connectivity index (χ1v) is 9.50. The van der Waals surface area contributed by atoms with Crippen molar-refractivity contribution in [2.75, 3.05) is 6.54 Å². The molecular formula is C20H18F5N7O3. The molecule has 0 aliphatic heterocycles. The molecule has 3 heterocycles. The third-order valence-electron chi connectivity index (χ3n) is 4.19. The monoisotopic (exact) mass is 499 g/mol. The Hall–Kier alpha value is -4.32. The predicted molar refractivity (Wildman–Crippen MR) is 112 cm³/mol. The van der Waals surface area contributed by atoms with Crippen LogP contribution < -0.4 is 11.4 Å². The van der Waals surface area contributed by atoms with E-state index in [1.165, 1.54) is 6.20 Å². The Balaban J connectivity index is 0.000000540. The summed E-state index contributed by atoms with van der Waals surface area (Å²) in [6, 6.07) is 1.75. The van der Waals surface area contributed by atoms with Crippen molar-refractivity contribution in [3.8, 4) is 17.7 Å². The zero-order valence-corrected chi connectivity index (χ0v) is 18.2. The van der Waals surface area contributed by atoms with E-state index < -0.39 is 23.9 Å². The fourth-order valence-electron chi connectivity index (χ4n) is 2.57. The van der Waals surface area contributed by atoms with Gasteiger partial charge in [0.1, 0.15) is 11.6 Å². The Morgan fingerprint density at radius 1 is 1.23 bits per heavy atom. The minimum Gasteiger partial charge on any atom is -0.475 e. The number of nitrogens with one attached hydrogen (secondary N) is 1. The maximum atomic E-state index is 12.9. The van der Waals surface area contributed by atoms with Crippen LogP contribution in [0.1, 0.15) is 22.5 Å². The summed E-state index contributed by atoms with van der Waals surface area (Å²) in [4.78, 5) is 25.3. The number of carboxylic acids is 1. The Morgan fingerprint density at radius 3 is 2.34 bits per heavy atom. The lowest BCUT2D eigenvalue weighted by Crippen LogP contribution is -2.21. The highest BCUT2D eigenvalue weighted by molar-refractivity contribution is 5.73. The number of carbonyl (C=O) groups is 1. The topological polar surface area (TPSA) is 145 Å². The van der Waals surface area contributed by atoms with E-state index in [1.54, 1.807) is 37.1 Å². The number of pyridine rings is 1. The molecule has 3 aromatic rings. The van der Waals surface area contributed by atoms with Crippen molar-refractivity contribution in [3.63, 3.8) is 0 Å². The maximum Gasteiger partial charge on any atom is 0.490 e. The summed E-state index contributed by atoms with van der Waals surface area (Å²) >= 11 is 0. The molecule has 0 aliphatic carbocycles. The van der Waals surface area contributed by atoms with Crippen LogP contribution in [0.15, 0.2) is 41.1 Å². The molecule has 0 atom stereocenters. The second kappa shape index (κ2) is 11.2. The second-order valence-corrected chi connectivity index (χ2v) is 6.85. The second-order valence-electron chi connectivity index (χ2n) is 6.85. The summed E-state index contributed by atoms with van der Waals surface area (Å²) in [6.45, 7) is 1.41. The van der Waals surface area contributed by atoms with E-state index in [9.17, 15) is 26.7 Å². The average molecular weight is 499 g/mol. The van der Waals surface area contributed by atoms with Crippen LogP contribution in [-0.2, 0) is 18.3 Å². The molecule has 10 nitrogen and oxygen atoms in total. The van der Waals surface area contributed by atoms with Crippen LogP contribution in [-0.4, -0.2) is 53.3 Å². The van der Waals surface area contributed by atoms with Gasteiger partial charge in [0.25, 0.3) is 6.08 Å². The van der Waals surface area contributed by atoms with Crippen LogP contribution in [0, 0.1) is 18.8 Å². The van der Waals surface area contributed by atoms with E-state index in [0.717, 1.165) is 10.1 Å². The first kappa shape index (κ1) is 26.9. The van der Waals surface area contributed by atoms with E-state index in [4.69, 9.17) is 15.6 Å². The predicted octanol–water partition coefficient (Wildman–Crippen LogP) is 1.68. The van der Waals surface area contributed by atoms with Crippen LogP contribution in [0.4, 0.5) is 22.0 Å². The number of aromatic amines is 1. The molecule has 0 aliphatic rings. The highest BCUT2D eigenvalue weighted by Gasteiger charge is 2.38. The number of hydrogen-bond donors (Lipinski definition) is 3. The minimum absolute atomic E-state index is 0.100. The van der Waals surface area contributed by atoms with Gasteiger partial charge in [-0.2, -0.15) is 32.1 Å². The standard InChI is InChI=1S/C18H17F2N7O.C2HF3O2/c1-11-5-12(3-4-13-9-23-26(2)10-13)8-22-17(11)27-15(24-25-18(27)28)6-14(7-21)16(19)20;3-2(4,5)1(6)7/h5,8-10H,6-7,21H2,1-2H3,(H,25,28);(H,6,7). The van der Waals surface area contributed by atoms with Crippen LogP contribution >= 0.6 is 0 Å². The van der Waals surface area contributed by atoms with Crippen molar-refractivity contribution in [2.24, 2.45) is 12.8 Å². The van der Waals surface area contributed by atoms with Crippen molar-refractivity contribution in [1.29, 1.82) is 0 Å². The van der Waals surface area contributed by atoms with Gasteiger partial charge in [-0.25, -0.2) is 24.2 Å². The SMILES string of the molecule is Cc1cc(C#Cc2cnn(C)c2)cnc1-n1c(CC(CN)=C(F)F)n[nH]c1=O.O=C(O)C(F)(F)F. The molecule has 35 heavy (non-hydrogen) atoms. The summed E-state index contributed by atoms with van der Waals surface area (Å²) in [5.41, 5.74) is 6.52. The molecule has 0 saturated carbocycles. The van der Waals surface area contributed by atoms with Gasteiger partial charge in [0.05, 0.1) is 11.8 Å². The lowest BCUT2D eigenvalue weighted by molar-refractivity contribution is -0.192. The van der Waals surface area contributed by atoms with Crippen LogP contribution in [0.3, 0.4) is 0 Å². The van der Waals surface area contributed by atoms with Gasteiger partial charge in [-0.05, 0) is 18.6 Å². The van der Waals surface area contributed by atoms with E-state index in [0.29, 0.717) is 11.1 Å². The van der Waals surface area contributed by atoms with E-state index in [1.807, 2.05) is 0 Å². The molecule has 4 N–H and O–H groups in total. The number of nitrogens with two attached hydrogens (primary N) is 1. The van der Waals surface area contributed by atoms with Gasteiger partial charge >= 0.3 is 17.8 Å². The normalized spacial score (nSPS) is 10.6. The van der Waals surface area contributed by atoms with Crippen molar-refractivity contribution in [2.45, 2.75) is 19.5 Å². The van der Waals surface area contributed by atoms with Gasteiger partial charge in [0.2, 0.25) is 0 Å². The van der Waals surface area contributed by atoms with Crippen molar-refractivity contribution in [3.05, 3.63) is 69.3 Å². The van der Waals surface area contributed by atoms with Crippen molar-refractivity contribution in [1.82, 2.24) is 29.5 Å². The zero-order valence-electron chi connectivity index (χ0n) is 18.2. The number of H-pyrrole nitrogens is 1. The van der Waals surface area contributed by atoms with Crippen LogP contribution in [0.2, 0.25) is 0 Å². The number of hydrogen-bond acceptors (Lipinski definition) is 6. The van der Waals surface area contributed by atoms with E-state index >= 15 is 0 Å². The first-order chi connectivity index (χ1) is 16.3. The quantitative estimate of drug-likeness (QED) is 0.366. The lowest BCUT2D eigenvalue weighted by Gasteiger charge is -2.09. The molecule has 0 amide bonds. The highest BCUT2D eigenvalue weighted by atomic mass is 19.4. The fourth-order valence-corrected chi connectivity index (χ4v) is 2.57. The van der Waals surface area contributed by atoms with Crippen molar-refractivity contribution >= 4 is 5.97 Å². The minimum atomic E-state index is -5.08. The van der Waals surface area contributed by atoms with Gasteiger partial charge in [0, 0.05) is 43.5 Å². The largest absolute Gasteiger partial charge is 0.490 e. The Labute approximate surface area is 193 Å². The van der Waals surface area contributed by atoms with Gasteiger partial charge in [-0.15, -0.1) is 0 Å². The maximum absolute atomic E-state index is 12.9. The third-order valence-corrected chi connectivity index (χ3v) is 4.19. The van der Waals surface area contributed by atoms with Gasteiger partial charge < -0.3 is 10.8 Å². The number of nitrogens with zero attached hydrogens (tertiary/aromatic N) is 5. The van der Waals surface area contributed by atoms with Gasteiger partial charge in [-0.3, -0.25) is 4.68 Å². The molecule has 3 rings (SSSR count). The highest BCUT2D eigenvalue weighted by Crippen LogP contribution is 2.16. The summed E-state index contributed by atoms with van der Waals surface area (Å²) in [5.74, 6) is 3.57. The fraction of sp³-hybridized carbons (Fsp3) is 0.250. The van der Waals surface area contributed by atoms with Gasteiger partial charge in [-0.1, -0.05) is 11.8 Å². The average Bonchev–Trinajstić information content (AvgIpc) is 3.35. The number of aromatic nitrogens is 6. The molecule has 0 unspecified atom stereocenters. The molecule has 186 valence electrons. The molecule has 0 aromatic carbocycles. The number of rotatable bonds is 4. The van der Waals surface area contributed by atoms with E-state index in [-0.39, 0.29) is 30.2 Å². The first-order valence-electron chi connectivity index (χ1n) is 9.50. The molecule has 0 bridgehead atoms. The molecule has 0 radical (unpaired) electrons. The van der Waals surface area contributed by atoms with Gasteiger partial charge in [0.15, 0.2) is 0 Å². The number of aryl methyl sites for hydroxylation is 2. The molecule has 3 aromatic heterocycles. The Bertz CT molecular complexity index is 1360. The molecular weight excluding hydrogens is 481 g/mol. The summed E-state index contributed by atoms with van der Waals surface area (Å²) in [5, 5.41) is 17.3. The van der Waals surface area contributed by atoms with Crippen LogP contribution in [0.25, 0.3) is 5.82 Å². The lowest BCUT2D eigenvalue weighted by atomic mass is 10.1. The molecule has 0 spiro atoms. The summed E-state index contributed by atoms with van der Waals surface area (Å²) in [6.07, 6.45) is -2.29. The molecule has 0 fully saturated rings. The van der Waals surface area contributed by atoms with Crippen molar-refractivity contribution < 1.29 is 31.9 Å². The van der Waals surface area contributed by atoms with Crippen LogP contribution in [0.5, 0.6) is 0 Å². The Morgan fingerprint density at radius 2 is 1.86 bits per heavy atom. The number of alkyl halides is 3. The van der Waals surface area contributed by atoms with E-state index in [2.05, 4.69) is 32.1 Å². The zero-order chi connectivity index (χ0) is 26.3. The molecule has 0 saturated heterocycles. The third kappa shape index (κ3) is 7.33. The summed E-state index contributed by atoms with van der Waals surface area (Å²) in [7, 11) is 1.80. The number of carboxylic acid groups (broad SMARTS) is 1. The number of aliphatic carboxylic acids is 1.